The Morgan fingerprint density at radius 2 is 1.93 bits per heavy atom. The van der Waals surface area contributed by atoms with Crippen molar-refractivity contribution in [2.45, 2.75) is 12.6 Å². The van der Waals surface area contributed by atoms with Gasteiger partial charge in [-0.1, -0.05) is 46.3 Å². The lowest BCUT2D eigenvalue weighted by atomic mass is 10.2. The van der Waals surface area contributed by atoms with Crippen molar-refractivity contribution in [1.29, 1.82) is 0 Å². The highest BCUT2D eigenvalue weighted by atomic mass is 79.9. The summed E-state index contributed by atoms with van der Waals surface area (Å²) in [5.74, 6) is -1.53. The van der Waals surface area contributed by atoms with Gasteiger partial charge >= 0.3 is 11.8 Å². The van der Waals surface area contributed by atoms with Crippen molar-refractivity contribution in [3.8, 4) is 5.75 Å². The molecule has 1 atom stereocenters. The number of hydrogen-bond acceptors (Lipinski definition) is 4. The predicted octanol–water partition coefficient (Wildman–Crippen LogP) is 1.61. The van der Waals surface area contributed by atoms with Gasteiger partial charge in [-0.3, -0.25) is 14.4 Å². The Morgan fingerprint density at radius 3 is 2.67 bits per heavy atom. The van der Waals surface area contributed by atoms with Crippen molar-refractivity contribution < 1.29 is 19.1 Å². The van der Waals surface area contributed by atoms with Crippen LogP contribution in [-0.2, 0) is 20.9 Å². The summed E-state index contributed by atoms with van der Waals surface area (Å²) in [5.41, 5.74) is 1.45. The molecular formula is C19H18BrN3O4. The van der Waals surface area contributed by atoms with Gasteiger partial charge < -0.3 is 20.3 Å². The second-order valence-corrected chi connectivity index (χ2v) is 6.93. The Bertz CT molecular complexity index is 873. The molecule has 0 unspecified atom stereocenters. The number of nitrogens with zero attached hydrogens (tertiary/aromatic N) is 1. The van der Waals surface area contributed by atoms with Gasteiger partial charge in [0.15, 0.2) is 0 Å². The van der Waals surface area contributed by atoms with E-state index in [0.717, 1.165) is 10.0 Å². The summed E-state index contributed by atoms with van der Waals surface area (Å²) >= 11 is 3.36. The summed E-state index contributed by atoms with van der Waals surface area (Å²) < 4.78 is 6.44. The van der Waals surface area contributed by atoms with Crippen molar-refractivity contribution >= 4 is 39.3 Å². The second-order valence-electron chi connectivity index (χ2n) is 6.01. The average molecular weight is 432 g/mol. The molecule has 0 saturated heterocycles. The number of anilines is 1. The summed E-state index contributed by atoms with van der Waals surface area (Å²) in [6, 6.07) is 13.6. The van der Waals surface area contributed by atoms with E-state index in [2.05, 4.69) is 26.6 Å². The molecule has 3 rings (SSSR count). The number of fused-ring (bicyclic) bond motifs is 1. The maximum Gasteiger partial charge on any atom is 0.310 e. The average Bonchev–Trinajstić information content (AvgIpc) is 2.79. The fourth-order valence-corrected chi connectivity index (χ4v) is 3.01. The van der Waals surface area contributed by atoms with Crippen LogP contribution in [0.15, 0.2) is 53.0 Å². The van der Waals surface area contributed by atoms with Gasteiger partial charge in [-0.15, -0.1) is 0 Å². The highest BCUT2D eigenvalue weighted by molar-refractivity contribution is 9.10. The van der Waals surface area contributed by atoms with Crippen LogP contribution in [0, 0.1) is 0 Å². The van der Waals surface area contributed by atoms with E-state index in [1.807, 2.05) is 30.3 Å². The molecule has 0 aliphatic carbocycles. The summed E-state index contributed by atoms with van der Waals surface area (Å²) in [4.78, 5) is 38.2. The summed E-state index contributed by atoms with van der Waals surface area (Å²) in [5, 5.41) is 4.98. The number of hydrogen-bond donors (Lipinski definition) is 2. The molecule has 0 bridgehead atoms. The van der Waals surface area contributed by atoms with E-state index in [-0.39, 0.29) is 19.1 Å². The Kier molecular flexibility index (Phi) is 5.75. The molecule has 0 saturated carbocycles. The first kappa shape index (κ1) is 18.9. The molecule has 7 nitrogen and oxygen atoms in total. The van der Waals surface area contributed by atoms with Gasteiger partial charge in [0.1, 0.15) is 18.4 Å². The quantitative estimate of drug-likeness (QED) is 0.722. The lowest BCUT2D eigenvalue weighted by Crippen LogP contribution is -2.52. The maximum absolute atomic E-state index is 12.6. The molecule has 2 aromatic carbocycles. The van der Waals surface area contributed by atoms with Crippen LogP contribution in [0.2, 0.25) is 0 Å². The summed E-state index contributed by atoms with van der Waals surface area (Å²) in [7, 11) is 1.59. The number of benzene rings is 2. The molecule has 1 aliphatic heterocycles. The predicted molar refractivity (Wildman–Crippen MR) is 103 cm³/mol. The Labute approximate surface area is 164 Å². The largest absolute Gasteiger partial charge is 0.489 e. The summed E-state index contributed by atoms with van der Waals surface area (Å²) in [6.45, 7) is 0.164. The van der Waals surface area contributed by atoms with Crippen LogP contribution < -0.4 is 20.3 Å². The van der Waals surface area contributed by atoms with Crippen LogP contribution in [0.25, 0.3) is 0 Å². The van der Waals surface area contributed by atoms with E-state index in [9.17, 15) is 14.4 Å². The zero-order chi connectivity index (χ0) is 19.4. The van der Waals surface area contributed by atoms with Crippen LogP contribution in [0.1, 0.15) is 5.56 Å². The number of carbonyl (C=O) groups is 3. The number of carbonyl (C=O) groups excluding carboxylic acids is 3. The van der Waals surface area contributed by atoms with Gasteiger partial charge in [-0.05, 0) is 23.8 Å². The molecule has 0 aromatic heterocycles. The lowest BCUT2D eigenvalue weighted by Gasteiger charge is -2.20. The first-order valence-electron chi connectivity index (χ1n) is 8.28. The Balaban J connectivity index is 1.62. The number of likely N-dealkylation sites (N-methyl/N-ethyl adjacent to an activating group) is 1. The van der Waals surface area contributed by atoms with Crippen LogP contribution in [0.4, 0.5) is 5.69 Å². The van der Waals surface area contributed by atoms with E-state index in [1.54, 1.807) is 25.2 Å². The molecule has 0 fully saturated rings. The van der Waals surface area contributed by atoms with E-state index in [4.69, 9.17) is 4.74 Å². The van der Waals surface area contributed by atoms with Crippen LogP contribution >= 0.6 is 15.9 Å². The van der Waals surface area contributed by atoms with E-state index in [1.165, 1.54) is 4.90 Å². The molecule has 2 aromatic rings. The van der Waals surface area contributed by atoms with Crippen molar-refractivity contribution in [2.24, 2.45) is 0 Å². The second kappa shape index (κ2) is 8.22. The Hall–Kier alpha value is -2.87. The molecule has 0 spiro atoms. The normalized spacial score (nSPS) is 16.0. The lowest BCUT2D eigenvalue weighted by molar-refractivity contribution is -0.140. The minimum atomic E-state index is -0.962. The topological polar surface area (TPSA) is 87.7 Å². The minimum absolute atomic E-state index is 0.0600. The highest BCUT2D eigenvalue weighted by Gasteiger charge is 2.32. The van der Waals surface area contributed by atoms with Crippen molar-refractivity contribution in [3.05, 3.63) is 58.6 Å². The van der Waals surface area contributed by atoms with Crippen molar-refractivity contribution in [1.82, 2.24) is 10.6 Å². The molecule has 2 N–H and O–H groups in total. The monoisotopic (exact) mass is 431 g/mol. The third-order valence-corrected chi connectivity index (χ3v) is 4.62. The fraction of sp³-hybridized carbons (Fsp3) is 0.211. The van der Waals surface area contributed by atoms with Crippen molar-refractivity contribution in [2.75, 3.05) is 18.6 Å². The maximum atomic E-state index is 12.6. The third kappa shape index (κ3) is 4.46. The molecule has 1 heterocycles. The molecule has 0 radical (unpaired) electrons. The number of amides is 3. The van der Waals surface area contributed by atoms with Crippen LogP contribution in [-0.4, -0.2) is 37.4 Å². The van der Waals surface area contributed by atoms with E-state index >= 15 is 0 Å². The molecule has 140 valence electrons. The van der Waals surface area contributed by atoms with Crippen LogP contribution in [0.5, 0.6) is 5.75 Å². The van der Waals surface area contributed by atoms with Gasteiger partial charge in [0.25, 0.3) is 5.91 Å². The first-order valence-corrected chi connectivity index (χ1v) is 9.07. The van der Waals surface area contributed by atoms with E-state index in [0.29, 0.717) is 11.4 Å². The van der Waals surface area contributed by atoms with Gasteiger partial charge in [0, 0.05) is 18.1 Å². The number of halogens is 1. The number of ether oxygens (including phenoxy) is 1. The smallest absolute Gasteiger partial charge is 0.310 e. The summed E-state index contributed by atoms with van der Waals surface area (Å²) in [6.07, 6.45) is 0. The van der Waals surface area contributed by atoms with Gasteiger partial charge in [0.2, 0.25) is 0 Å². The first-order chi connectivity index (χ1) is 13.0. The fourth-order valence-electron chi connectivity index (χ4n) is 2.66. The van der Waals surface area contributed by atoms with Crippen LogP contribution in [0.3, 0.4) is 0 Å². The minimum Gasteiger partial charge on any atom is -0.489 e. The molecular weight excluding hydrogens is 414 g/mol. The molecule has 3 amide bonds. The molecule has 1 aliphatic rings. The molecule has 8 heteroatoms. The number of rotatable bonds is 3. The zero-order valence-electron chi connectivity index (χ0n) is 14.6. The van der Waals surface area contributed by atoms with Gasteiger partial charge in [0.05, 0.1) is 5.69 Å². The SMILES string of the molecule is CN1C(=O)[C@@H](NC(=O)C(=O)NCc2ccccc2)COc2ccc(Br)cc21. The van der Waals surface area contributed by atoms with E-state index < -0.39 is 17.9 Å². The van der Waals surface area contributed by atoms with Gasteiger partial charge in [-0.25, -0.2) is 0 Å². The Morgan fingerprint density at radius 1 is 1.19 bits per heavy atom. The standard InChI is InChI=1S/C19H18BrN3O4/c1-23-15-9-13(20)7-8-16(15)27-11-14(19(23)26)22-18(25)17(24)21-10-12-5-3-2-4-6-12/h2-9,14H,10-11H2,1H3,(H,21,24)(H,22,25)/t14-/m0/s1. The highest BCUT2D eigenvalue weighted by Crippen LogP contribution is 2.33. The van der Waals surface area contributed by atoms with Crippen molar-refractivity contribution in [3.63, 3.8) is 0 Å². The zero-order valence-corrected chi connectivity index (χ0v) is 16.2. The molecule has 27 heavy (non-hydrogen) atoms. The van der Waals surface area contributed by atoms with Gasteiger partial charge in [-0.2, -0.15) is 0 Å². The third-order valence-electron chi connectivity index (χ3n) is 4.12. The number of nitrogens with one attached hydrogen (secondary N) is 2.